The summed E-state index contributed by atoms with van der Waals surface area (Å²) in [5, 5.41) is 8.49. The second-order valence-corrected chi connectivity index (χ2v) is 7.95. The number of fused-ring (bicyclic) bond motifs is 2. The van der Waals surface area contributed by atoms with Crippen LogP contribution in [0.25, 0.3) is 22.1 Å². The summed E-state index contributed by atoms with van der Waals surface area (Å²) in [6.45, 7) is 5.17. The SMILES string of the molecule is CC(=O)c1oc2nc(C)cc(C)c2c1NC(=O)c1cc(C2CC2)nc2c1cnn2C. The minimum absolute atomic E-state index is 0.0958. The number of amides is 1. The van der Waals surface area contributed by atoms with E-state index in [1.807, 2.05) is 33.0 Å². The van der Waals surface area contributed by atoms with E-state index in [9.17, 15) is 9.59 Å². The van der Waals surface area contributed by atoms with Crippen molar-refractivity contribution in [3.63, 3.8) is 0 Å². The molecule has 0 spiro atoms. The first-order valence-electron chi connectivity index (χ1n) is 9.89. The number of hydrogen-bond acceptors (Lipinski definition) is 6. The van der Waals surface area contributed by atoms with Gasteiger partial charge < -0.3 is 9.73 Å². The number of carbonyl (C=O) groups is 2. The smallest absolute Gasteiger partial charge is 0.256 e. The number of nitrogens with zero attached hydrogens (tertiary/aromatic N) is 4. The molecule has 5 rings (SSSR count). The van der Waals surface area contributed by atoms with Gasteiger partial charge in [-0.1, -0.05) is 0 Å². The number of Topliss-reactive ketones (excluding diaryl/α,β-unsaturated/α-hetero) is 1. The molecule has 1 aliphatic carbocycles. The van der Waals surface area contributed by atoms with Crippen LogP contribution in [0.5, 0.6) is 0 Å². The average molecular weight is 403 g/mol. The molecule has 0 atom stereocenters. The van der Waals surface area contributed by atoms with Crippen LogP contribution in [0.2, 0.25) is 0 Å². The topological polar surface area (TPSA) is 103 Å². The van der Waals surface area contributed by atoms with Crippen LogP contribution in [-0.2, 0) is 7.05 Å². The van der Waals surface area contributed by atoms with Crippen LogP contribution in [0, 0.1) is 13.8 Å². The van der Waals surface area contributed by atoms with Gasteiger partial charge in [-0.25, -0.2) is 9.97 Å². The molecule has 0 aromatic carbocycles. The number of ketones is 1. The van der Waals surface area contributed by atoms with Crippen LogP contribution in [0.1, 0.15) is 63.5 Å². The minimum Gasteiger partial charge on any atom is -0.432 e. The van der Waals surface area contributed by atoms with Gasteiger partial charge in [0.15, 0.2) is 17.2 Å². The second-order valence-electron chi connectivity index (χ2n) is 7.95. The van der Waals surface area contributed by atoms with Crippen molar-refractivity contribution in [2.75, 3.05) is 5.32 Å². The number of carbonyl (C=O) groups excluding carboxylic acids is 2. The van der Waals surface area contributed by atoms with Gasteiger partial charge in [-0.2, -0.15) is 5.10 Å². The Morgan fingerprint density at radius 3 is 2.67 bits per heavy atom. The molecule has 1 aliphatic rings. The minimum atomic E-state index is -0.331. The van der Waals surface area contributed by atoms with Gasteiger partial charge in [-0.15, -0.1) is 0 Å². The quantitative estimate of drug-likeness (QED) is 0.516. The van der Waals surface area contributed by atoms with E-state index in [4.69, 9.17) is 9.40 Å². The molecule has 0 aliphatic heterocycles. The molecule has 1 fully saturated rings. The second kappa shape index (κ2) is 6.48. The summed E-state index contributed by atoms with van der Waals surface area (Å²) in [5.41, 5.74) is 4.40. The number of aromatic nitrogens is 4. The van der Waals surface area contributed by atoms with E-state index in [0.29, 0.717) is 39.3 Å². The molecule has 0 bridgehead atoms. The Kier molecular flexibility index (Phi) is 3.99. The number of nitrogens with one attached hydrogen (secondary N) is 1. The molecule has 4 heterocycles. The molecule has 1 saturated carbocycles. The number of hydrogen-bond donors (Lipinski definition) is 1. The summed E-state index contributed by atoms with van der Waals surface area (Å²) in [6, 6.07) is 3.73. The number of rotatable bonds is 4. The van der Waals surface area contributed by atoms with E-state index in [1.165, 1.54) is 6.92 Å². The number of aryl methyl sites for hydroxylation is 3. The molecule has 0 unspecified atom stereocenters. The maximum atomic E-state index is 13.4. The van der Waals surface area contributed by atoms with Gasteiger partial charge in [0.1, 0.15) is 5.69 Å². The van der Waals surface area contributed by atoms with Gasteiger partial charge in [0.25, 0.3) is 5.91 Å². The van der Waals surface area contributed by atoms with Crippen molar-refractivity contribution in [1.29, 1.82) is 0 Å². The normalized spacial score (nSPS) is 13.9. The van der Waals surface area contributed by atoms with Crippen molar-refractivity contribution in [3.05, 3.63) is 46.6 Å². The summed E-state index contributed by atoms with van der Waals surface area (Å²) in [5.74, 6) is -0.131. The van der Waals surface area contributed by atoms with Crippen molar-refractivity contribution >= 4 is 39.5 Å². The van der Waals surface area contributed by atoms with Crippen molar-refractivity contribution in [1.82, 2.24) is 19.7 Å². The highest BCUT2D eigenvalue weighted by Gasteiger charge is 2.29. The predicted molar refractivity (Wildman–Crippen MR) is 112 cm³/mol. The zero-order chi connectivity index (χ0) is 21.2. The largest absolute Gasteiger partial charge is 0.432 e. The molecular formula is C22H21N5O3. The van der Waals surface area contributed by atoms with Gasteiger partial charge in [0.05, 0.1) is 22.5 Å². The van der Waals surface area contributed by atoms with E-state index in [1.54, 1.807) is 10.9 Å². The van der Waals surface area contributed by atoms with E-state index in [2.05, 4.69) is 15.4 Å². The van der Waals surface area contributed by atoms with Crippen molar-refractivity contribution in [2.24, 2.45) is 7.05 Å². The zero-order valence-corrected chi connectivity index (χ0v) is 17.2. The lowest BCUT2D eigenvalue weighted by atomic mass is 10.1. The Hall–Kier alpha value is -3.55. The number of pyridine rings is 2. The van der Waals surface area contributed by atoms with Crippen molar-refractivity contribution in [2.45, 2.75) is 39.5 Å². The van der Waals surface area contributed by atoms with Gasteiger partial charge in [0.2, 0.25) is 5.71 Å². The van der Waals surface area contributed by atoms with Crippen LogP contribution in [-0.4, -0.2) is 31.4 Å². The molecule has 0 saturated heterocycles. The molecule has 8 heteroatoms. The highest BCUT2D eigenvalue weighted by atomic mass is 16.4. The summed E-state index contributed by atoms with van der Waals surface area (Å²) < 4.78 is 7.39. The first-order valence-corrected chi connectivity index (χ1v) is 9.89. The van der Waals surface area contributed by atoms with Gasteiger partial charge >= 0.3 is 0 Å². The summed E-state index contributed by atoms with van der Waals surface area (Å²) >= 11 is 0. The Balaban J connectivity index is 1.65. The lowest BCUT2D eigenvalue weighted by molar-refractivity contribution is 0.0990. The Morgan fingerprint density at radius 2 is 1.97 bits per heavy atom. The molecule has 4 aromatic rings. The van der Waals surface area contributed by atoms with E-state index in [0.717, 1.165) is 29.8 Å². The Labute approximate surface area is 172 Å². The molecule has 1 amide bonds. The van der Waals surface area contributed by atoms with Crippen LogP contribution in [0.15, 0.2) is 22.7 Å². The summed E-state index contributed by atoms with van der Waals surface area (Å²) in [4.78, 5) is 34.7. The fourth-order valence-electron chi connectivity index (χ4n) is 3.90. The lowest BCUT2D eigenvalue weighted by Gasteiger charge is -2.09. The zero-order valence-electron chi connectivity index (χ0n) is 17.2. The highest BCUT2D eigenvalue weighted by molar-refractivity contribution is 6.17. The maximum absolute atomic E-state index is 13.4. The monoisotopic (exact) mass is 403 g/mol. The fraction of sp³-hybridized carbons (Fsp3) is 0.318. The average Bonchev–Trinajstić information content (AvgIpc) is 3.38. The summed E-state index contributed by atoms with van der Waals surface area (Å²) in [7, 11) is 1.81. The van der Waals surface area contributed by atoms with Crippen LogP contribution in [0.3, 0.4) is 0 Å². The van der Waals surface area contributed by atoms with E-state index >= 15 is 0 Å². The molecule has 8 nitrogen and oxygen atoms in total. The van der Waals surface area contributed by atoms with Crippen LogP contribution >= 0.6 is 0 Å². The van der Waals surface area contributed by atoms with Crippen LogP contribution in [0.4, 0.5) is 5.69 Å². The van der Waals surface area contributed by atoms with E-state index < -0.39 is 0 Å². The fourth-order valence-corrected chi connectivity index (χ4v) is 3.90. The molecular weight excluding hydrogens is 382 g/mol. The van der Waals surface area contributed by atoms with Gasteiger partial charge in [-0.3, -0.25) is 14.3 Å². The Morgan fingerprint density at radius 1 is 1.20 bits per heavy atom. The maximum Gasteiger partial charge on any atom is 0.256 e. The van der Waals surface area contributed by atoms with Crippen molar-refractivity contribution < 1.29 is 14.0 Å². The first-order chi connectivity index (χ1) is 14.3. The molecule has 1 N–H and O–H groups in total. The Bertz CT molecular complexity index is 1360. The van der Waals surface area contributed by atoms with Gasteiger partial charge in [-0.05, 0) is 44.4 Å². The van der Waals surface area contributed by atoms with Crippen molar-refractivity contribution in [3.8, 4) is 0 Å². The van der Waals surface area contributed by atoms with Crippen LogP contribution < -0.4 is 5.32 Å². The number of anilines is 1. The predicted octanol–water partition coefficient (Wildman–Crippen LogP) is 4.06. The molecule has 152 valence electrons. The standard InChI is InChI=1S/C22H21N5O3/c1-10-7-11(2)24-22-17(10)18(19(30-22)12(3)28)26-21(29)14-8-16(13-5-6-13)25-20-15(14)9-23-27(20)4/h7-9,13H,5-6H2,1-4H3,(H,26,29). The molecule has 30 heavy (non-hydrogen) atoms. The third-order valence-corrected chi connectivity index (χ3v) is 5.51. The first kappa shape index (κ1) is 18.5. The molecule has 4 aromatic heterocycles. The third kappa shape index (κ3) is 2.87. The number of furan rings is 1. The molecule has 0 radical (unpaired) electrons. The highest BCUT2D eigenvalue weighted by Crippen LogP contribution is 2.40. The summed E-state index contributed by atoms with van der Waals surface area (Å²) in [6.07, 6.45) is 3.79. The third-order valence-electron chi connectivity index (χ3n) is 5.51. The van der Waals surface area contributed by atoms with Gasteiger partial charge in [0, 0.05) is 31.3 Å². The lowest BCUT2D eigenvalue weighted by Crippen LogP contribution is -2.15. The van der Waals surface area contributed by atoms with E-state index in [-0.39, 0.29) is 17.5 Å².